The van der Waals surface area contributed by atoms with Crippen molar-refractivity contribution in [2.45, 2.75) is 162 Å². The molecule has 2 heteroatoms. The highest BCUT2D eigenvalue weighted by Gasteiger charge is 2.65. The lowest BCUT2D eigenvalue weighted by molar-refractivity contribution is -0.121. The summed E-state index contributed by atoms with van der Waals surface area (Å²) in [5.74, 6) is 3.84. The highest BCUT2D eigenvalue weighted by Crippen LogP contribution is 2.66. The SMILES string of the molecule is CC.CCCC(C)C1CCC2C3CCC4CCCCC4(N)C3(C)CCC12N.CCCCCC. The van der Waals surface area contributed by atoms with Gasteiger partial charge >= 0.3 is 0 Å². The first-order chi connectivity index (χ1) is 15.8. The van der Waals surface area contributed by atoms with Crippen molar-refractivity contribution in [3.63, 3.8) is 0 Å². The Morgan fingerprint density at radius 2 is 1.39 bits per heavy atom. The number of nitrogens with two attached hydrogens (primary N) is 2. The second kappa shape index (κ2) is 12.8. The average molecular weight is 463 g/mol. The van der Waals surface area contributed by atoms with Crippen LogP contribution in [-0.2, 0) is 0 Å². The minimum atomic E-state index is 0.0998. The zero-order chi connectivity index (χ0) is 24.7. The lowest BCUT2D eigenvalue weighted by atomic mass is 9.42. The van der Waals surface area contributed by atoms with Crippen LogP contribution in [0.3, 0.4) is 0 Å². The molecule has 0 aromatic heterocycles. The molecule has 0 bridgehead atoms. The van der Waals surface area contributed by atoms with E-state index >= 15 is 0 Å². The summed E-state index contributed by atoms with van der Waals surface area (Å²) in [6, 6.07) is 0. The Morgan fingerprint density at radius 3 is 2.00 bits per heavy atom. The molecule has 0 amide bonds. The second-order valence-corrected chi connectivity index (χ2v) is 12.5. The smallest absolute Gasteiger partial charge is 0.0240 e. The van der Waals surface area contributed by atoms with Crippen LogP contribution >= 0.6 is 0 Å². The molecule has 4 saturated carbocycles. The Hall–Kier alpha value is -0.0800. The zero-order valence-corrected chi connectivity index (χ0v) is 23.9. The van der Waals surface area contributed by atoms with Gasteiger partial charge in [-0.15, -0.1) is 0 Å². The summed E-state index contributed by atoms with van der Waals surface area (Å²) in [4.78, 5) is 0. The average Bonchev–Trinajstić information content (AvgIpc) is 3.17. The molecule has 8 unspecified atom stereocenters. The van der Waals surface area contributed by atoms with Gasteiger partial charge in [-0.05, 0) is 86.4 Å². The standard InChI is InChI=1S/C23H42N2.C6H14.C2H6/c1-4-7-16(2)18-11-12-20-19-10-9-17-8-5-6-13-23(17,25)21(19,3)14-15-22(18,20)24;1-3-5-6-4-2;1-2/h16-20H,4-15,24-25H2,1-3H3;3-6H2,1-2H3;1-2H3. The first kappa shape index (κ1) is 29.2. The van der Waals surface area contributed by atoms with E-state index in [1.54, 1.807) is 0 Å². The van der Waals surface area contributed by atoms with E-state index in [2.05, 4.69) is 34.6 Å². The van der Waals surface area contributed by atoms with E-state index in [0.717, 1.165) is 29.6 Å². The van der Waals surface area contributed by atoms with E-state index in [1.807, 2.05) is 13.8 Å². The van der Waals surface area contributed by atoms with Gasteiger partial charge in [-0.1, -0.05) is 99.8 Å². The molecule has 0 aliphatic heterocycles. The fourth-order valence-electron chi connectivity index (χ4n) is 9.10. The molecule has 196 valence electrons. The number of rotatable bonds is 6. The fraction of sp³-hybridized carbons (Fsp3) is 1.00. The van der Waals surface area contributed by atoms with Crippen LogP contribution < -0.4 is 11.5 Å². The third-order valence-corrected chi connectivity index (χ3v) is 10.9. The van der Waals surface area contributed by atoms with Gasteiger partial charge in [0.15, 0.2) is 0 Å². The van der Waals surface area contributed by atoms with Crippen LogP contribution in [0.5, 0.6) is 0 Å². The predicted octanol–water partition coefficient (Wildman–Crippen LogP) is 8.86. The Morgan fingerprint density at radius 1 is 0.758 bits per heavy atom. The van der Waals surface area contributed by atoms with Crippen LogP contribution in [0.1, 0.15) is 151 Å². The van der Waals surface area contributed by atoms with Crippen molar-refractivity contribution in [2.75, 3.05) is 0 Å². The molecule has 4 aliphatic rings. The minimum absolute atomic E-state index is 0.0998. The largest absolute Gasteiger partial charge is 0.325 e. The van der Waals surface area contributed by atoms with Crippen LogP contribution in [0.4, 0.5) is 0 Å². The molecule has 0 radical (unpaired) electrons. The molecule has 8 atom stereocenters. The lowest BCUT2D eigenvalue weighted by Crippen LogP contribution is -2.71. The number of fused-ring (bicyclic) bond motifs is 5. The molecule has 0 aromatic rings. The maximum Gasteiger partial charge on any atom is 0.0240 e. The van der Waals surface area contributed by atoms with Gasteiger partial charge in [0.05, 0.1) is 0 Å². The van der Waals surface area contributed by atoms with E-state index in [1.165, 1.54) is 103 Å². The summed E-state index contributed by atoms with van der Waals surface area (Å²) in [5.41, 5.74) is 15.1. The number of hydrogen-bond donors (Lipinski definition) is 2. The summed E-state index contributed by atoms with van der Waals surface area (Å²) < 4.78 is 0. The molecule has 2 nitrogen and oxygen atoms in total. The Balaban J connectivity index is 0.000000421. The topological polar surface area (TPSA) is 52.0 Å². The first-order valence-electron chi connectivity index (χ1n) is 15.4. The maximum atomic E-state index is 7.28. The normalized spacial score (nSPS) is 42.5. The summed E-state index contributed by atoms with van der Waals surface area (Å²) in [5, 5.41) is 0. The van der Waals surface area contributed by atoms with E-state index in [9.17, 15) is 0 Å². The quantitative estimate of drug-likeness (QED) is 0.387. The Labute approximate surface area is 208 Å². The fourth-order valence-corrected chi connectivity index (χ4v) is 9.10. The van der Waals surface area contributed by atoms with Crippen molar-refractivity contribution in [2.24, 2.45) is 46.5 Å². The van der Waals surface area contributed by atoms with Crippen molar-refractivity contribution >= 4 is 0 Å². The van der Waals surface area contributed by atoms with E-state index in [0.29, 0.717) is 5.41 Å². The molecule has 0 spiro atoms. The van der Waals surface area contributed by atoms with Gasteiger partial charge in [-0.2, -0.15) is 0 Å². The molecule has 4 fully saturated rings. The number of hydrogen-bond acceptors (Lipinski definition) is 2. The summed E-state index contributed by atoms with van der Waals surface area (Å²) in [6.45, 7) is 15.8. The van der Waals surface area contributed by atoms with Gasteiger partial charge in [0, 0.05) is 11.1 Å². The monoisotopic (exact) mass is 462 g/mol. The van der Waals surface area contributed by atoms with Gasteiger partial charge in [-0.3, -0.25) is 0 Å². The molecule has 0 saturated heterocycles. The highest BCUT2D eigenvalue weighted by molar-refractivity contribution is 5.20. The van der Waals surface area contributed by atoms with E-state index < -0.39 is 0 Å². The molecule has 4 N–H and O–H groups in total. The van der Waals surface area contributed by atoms with Gasteiger partial charge in [0.2, 0.25) is 0 Å². The summed E-state index contributed by atoms with van der Waals surface area (Å²) in [6.07, 6.45) is 21.6. The van der Waals surface area contributed by atoms with Gasteiger partial charge in [-0.25, -0.2) is 0 Å². The van der Waals surface area contributed by atoms with Gasteiger partial charge in [0.25, 0.3) is 0 Å². The third kappa shape index (κ3) is 5.52. The second-order valence-electron chi connectivity index (χ2n) is 12.5. The van der Waals surface area contributed by atoms with Crippen LogP contribution in [0.2, 0.25) is 0 Å². The Kier molecular flexibility index (Phi) is 11.3. The molecule has 4 aliphatic carbocycles. The van der Waals surface area contributed by atoms with Crippen molar-refractivity contribution in [3.8, 4) is 0 Å². The van der Waals surface area contributed by atoms with Crippen LogP contribution in [0.15, 0.2) is 0 Å². The predicted molar refractivity (Wildman–Crippen MR) is 147 cm³/mol. The lowest BCUT2D eigenvalue weighted by Gasteiger charge is -2.66. The van der Waals surface area contributed by atoms with Gasteiger partial charge in [0.1, 0.15) is 0 Å². The first-order valence-corrected chi connectivity index (χ1v) is 15.4. The zero-order valence-electron chi connectivity index (χ0n) is 23.9. The van der Waals surface area contributed by atoms with Crippen LogP contribution in [0.25, 0.3) is 0 Å². The van der Waals surface area contributed by atoms with Crippen LogP contribution in [-0.4, -0.2) is 11.1 Å². The van der Waals surface area contributed by atoms with Crippen LogP contribution in [0, 0.1) is 35.0 Å². The molecular weight excluding hydrogens is 400 g/mol. The number of unbranched alkanes of at least 4 members (excludes halogenated alkanes) is 3. The minimum Gasteiger partial charge on any atom is -0.325 e. The maximum absolute atomic E-state index is 7.28. The summed E-state index contributed by atoms with van der Waals surface area (Å²) in [7, 11) is 0. The van der Waals surface area contributed by atoms with Crippen molar-refractivity contribution < 1.29 is 0 Å². The van der Waals surface area contributed by atoms with E-state index in [4.69, 9.17) is 11.5 Å². The molecule has 0 aromatic carbocycles. The van der Waals surface area contributed by atoms with E-state index in [-0.39, 0.29) is 11.1 Å². The Bertz CT molecular complexity index is 557. The van der Waals surface area contributed by atoms with Crippen molar-refractivity contribution in [1.29, 1.82) is 0 Å². The molecule has 33 heavy (non-hydrogen) atoms. The van der Waals surface area contributed by atoms with Crippen molar-refractivity contribution in [1.82, 2.24) is 0 Å². The van der Waals surface area contributed by atoms with Crippen molar-refractivity contribution in [3.05, 3.63) is 0 Å². The molecule has 4 rings (SSSR count). The molecular formula is C31H62N2. The summed E-state index contributed by atoms with van der Waals surface area (Å²) >= 11 is 0. The highest BCUT2D eigenvalue weighted by atomic mass is 14.9. The molecule has 0 heterocycles. The van der Waals surface area contributed by atoms with Gasteiger partial charge < -0.3 is 11.5 Å². The third-order valence-electron chi connectivity index (χ3n) is 10.9.